The summed E-state index contributed by atoms with van der Waals surface area (Å²) in [6, 6.07) is 9.01. The van der Waals surface area contributed by atoms with Crippen LogP contribution < -0.4 is 5.32 Å². The van der Waals surface area contributed by atoms with E-state index < -0.39 is 6.10 Å². The Kier molecular flexibility index (Phi) is 4.58. The summed E-state index contributed by atoms with van der Waals surface area (Å²) >= 11 is 0. The minimum atomic E-state index is -0.823. The van der Waals surface area contributed by atoms with Crippen LogP contribution in [0.1, 0.15) is 11.1 Å². The highest BCUT2D eigenvalue weighted by atomic mass is 16.7. The van der Waals surface area contributed by atoms with Gasteiger partial charge in [-0.2, -0.15) is 5.26 Å². The van der Waals surface area contributed by atoms with Gasteiger partial charge >= 0.3 is 0 Å². The van der Waals surface area contributed by atoms with Gasteiger partial charge in [-0.3, -0.25) is 4.79 Å². The van der Waals surface area contributed by atoms with Crippen molar-refractivity contribution in [3.05, 3.63) is 47.4 Å². The molecule has 6 heteroatoms. The molecule has 1 aromatic carbocycles. The Morgan fingerprint density at radius 1 is 1.50 bits per heavy atom. The van der Waals surface area contributed by atoms with Gasteiger partial charge in [0.25, 0.3) is 5.91 Å². The van der Waals surface area contributed by atoms with E-state index in [2.05, 4.69) is 5.32 Å². The SMILES string of the molecule is COC(C(=O)NCc1ccc(C#N)cc1)C1=COCO1. The van der Waals surface area contributed by atoms with E-state index in [9.17, 15) is 4.79 Å². The zero-order valence-electron chi connectivity index (χ0n) is 11.0. The van der Waals surface area contributed by atoms with Crippen LogP contribution in [0.3, 0.4) is 0 Å². The Hall–Kier alpha value is -2.52. The maximum atomic E-state index is 12.0. The molecule has 1 heterocycles. The molecule has 6 nitrogen and oxygen atoms in total. The van der Waals surface area contributed by atoms with Crippen molar-refractivity contribution in [2.75, 3.05) is 13.9 Å². The number of methoxy groups -OCH3 is 1. The third-order valence-corrected chi connectivity index (χ3v) is 2.78. The quantitative estimate of drug-likeness (QED) is 0.867. The van der Waals surface area contributed by atoms with Crippen molar-refractivity contribution in [1.82, 2.24) is 5.32 Å². The zero-order valence-corrected chi connectivity index (χ0v) is 11.0. The fourth-order valence-electron chi connectivity index (χ4n) is 1.72. The smallest absolute Gasteiger partial charge is 0.257 e. The highest BCUT2D eigenvalue weighted by Gasteiger charge is 2.26. The van der Waals surface area contributed by atoms with Crippen molar-refractivity contribution in [2.24, 2.45) is 0 Å². The summed E-state index contributed by atoms with van der Waals surface area (Å²) in [5.41, 5.74) is 1.47. The molecular weight excluding hydrogens is 260 g/mol. The van der Waals surface area contributed by atoms with Gasteiger partial charge in [-0.1, -0.05) is 12.1 Å². The predicted molar refractivity (Wildman–Crippen MR) is 68.9 cm³/mol. The number of hydrogen-bond acceptors (Lipinski definition) is 5. The second-order valence-corrected chi connectivity index (χ2v) is 4.09. The molecule has 1 atom stereocenters. The molecule has 1 N–H and O–H groups in total. The zero-order chi connectivity index (χ0) is 14.4. The maximum Gasteiger partial charge on any atom is 0.257 e. The number of amides is 1. The van der Waals surface area contributed by atoms with Gasteiger partial charge in [-0.05, 0) is 17.7 Å². The summed E-state index contributed by atoms with van der Waals surface area (Å²) in [7, 11) is 1.43. The van der Waals surface area contributed by atoms with E-state index in [1.54, 1.807) is 24.3 Å². The molecule has 0 bridgehead atoms. The lowest BCUT2D eigenvalue weighted by Crippen LogP contribution is -2.36. The second kappa shape index (κ2) is 6.59. The monoisotopic (exact) mass is 274 g/mol. The van der Waals surface area contributed by atoms with Crippen LogP contribution in [0.2, 0.25) is 0 Å². The summed E-state index contributed by atoms with van der Waals surface area (Å²) in [5.74, 6) is 0.0402. The summed E-state index contributed by atoms with van der Waals surface area (Å²) in [6.45, 7) is 0.441. The fourth-order valence-corrected chi connectivity index (χ4v) is 1.72. The predicted octanol–water partition coefficient (Wildman–Crippen LogP) is 1.04. The summed E-state index contributed by atoms with van der Waals surface area (Å²) in [4.78, 5) is 12.0. The number of carbonyl (C=O) groups excluding carboxylic acids is 1. The van der Waals surface area contributed by atoms with Crippen LogP contribution in [-0.2, 0) is 25.5 Å². The molecule has 0 aliphatic carbocycles. The van der Waals surface area contributed by atoms with E-state index in [-0.39, 0.29) is 12.7 Å². The van der Waals surface area contributed by atoms with Crippen LogP contribution in [-0.4, -0.2) is 25.9 Å². The van der Waals surface area contributed by atoms with Gasteiger partial charge in [0, 0.05) is 13.7 Å². The van der Waals surface area contributed by atoms with Gasteiger partial charge in [0.05, 0.1) is 11.6 Å². The van der Waals surface area contributed by atoms with Crippen LogP contribution in [0, 0.1) is 11.3 Å². The van der Waals surface area contributed by atoms with Crippen LogP contribution in [0.4, 0.5) is 0 Å². The molecule has 0 spiro atoms. The molecule has 1 aliphatic rings. The van der Waals surface area contributed by atoms with Crippen LogP contribution >= 0.6 is 0 Å². The van der Waals surface area contributed by atoms with Crippen molar-refractivity contribution in [2.45, 2.75) is 12.6 Å². The maximum absolute atomic E-state index is 12.0. The van der Waals surface area contributed by atoms with E-state index in [0.717, 1.165) is 5.56 Å². The lowest BCUT2D eigenvalue weighted by molar-refractivity contribution is -0.131. The normalized spacial score (nSPS) is 14.5. The van der Waals surface area contributed by atoms with Gasteiger partial charge in [0.15, 0.2) is 11.9 Å². The number of hydrogen-bond donors (Lipinski definition) is 1. The Labute approximate surface area is 116 Å². The van der Waals surface area contributed by atoms with Crippen LogP contribution in [0.25, 0.3) is 0 Å². The highest BCUT2D eigenvalue weighted by Crippen LogP contribution is 2.14. The number of rotatable bonds is 5. The Balaban J connectivity index is 1.91. The van der Waals surface area contributed by atoms with E-state index in [4.69, 9.17) is 19.5 Å². The molecule has 0 radical (unpaired) electrons. The van der Waals surface area contributed by atoms with Gasteiger partial charge in [-0.15, -0.1) is 0 Å². The molecule has 0 aromatic heterocycles. The largest absolute Gasteiger partial charge is 0.461 e. The molecule has 104 valence electrons. The Bertz CT molecular complexity index is 545. The average molecular weight is 274 g/mol. The van der Waals surface area contributed by atoms with Gasteiger partial charge in [0.2, 0.25) is 6.79 Å². The number of benzene rings is 1. The van der Waals surface area contributed by atoms with Crippen molar-refractivity contribution >= 4 is 5.91 Å². The lowest BCUT2D eigenvalue weighted by Gasteiger charge is -2.14. The van der Waals surface area contributed by atoms with Gasteiger partial charge < -0.3 is 19.5 Å². The molecular formula is C14H14N2O4. The Morgan fingerprint density at radius 3 is 2.80 bits per heavy atom. The summed E-state index contributed by atoms with van der Waals surface area (Å²) in [6.07, 6.45) is 0.547. The Morgan fingerprint density at radius 2 is 2.25 bits per heavy atom. The van der Waals surface area contributed by atoms with E-state index >= 15 is 0 Å². The highest BCUT2D eigenvalue weighted by molar-refractivity contribution is 5.83. The first-order valence-corrected chi connectivity index (χ1v) is 5.98. The molecule has 0 saturated heterocycles. The average Bonchev–Trinajstić information content (AvgIpc) is 3.00. The number of nitrogens with one attached hydrogen (secondary N) is 1. The molecule has 0 fully saturated rings. The summed E-state index contributed by atoms with van der Waals surface area (Å²) in [5, 5.41) is 11.4. The van der Waals surface area contributed by atoms with Gasteiger partial charge in [0.1, 0.15) is 6.26 Å². The summed E-state index contributed by atoms with van der Waals surface area (Å²) < 4.78 is 15.1. The molecule has 0 saturated carbocycles. The van der Waals surface area contributed by atoms with Gasteiger partial charge in [-0.25, -0.2) is 0 Å². The molecule has 1 unspecified atom stereocenters. The molecule has 1 aromatic rings. The number of ether oxygens (including phenoxy) is 3. The first kappa shape index (κ1) is 13.9. The minimum absolute atomic E-state index is 0.0953. The van der Waals surface area contributed by atoms with Crippen molar-refractivity contribution in [3.63, 3.8) is 0 Å². The lowest BCUT2D eigenvalue weighted by atomic mass is 10.1. The number of carbonyl (C=O) groups is 1. The van der Waals surface area contributed by atoms with E-state index in [1.807, 2.05) is 6.07 Å². The third kappa shape index (κ3) is 3.28. The first-order chi connectivity index (χ1) is 9.74. The molecule has 1 aliphatic heterocycles. The standard InChI is InChI=1S/C14H14N2O4/c1-18-13(12-8-19-9-20-12)14(17)16-7-11-4-2-10(6-15)3-5-11/h2-5,8,13H,7,9H2,1H3,(H,16,17). The van der Waals surface area contributed by atoms with Crippen LogP contribution in [0.15, 0.2) is 36.3 Å². The number of nitriles is 1. The van der Waals surface area contributed by atoms with Crippen LogP contribution in [0.5, 0.6) is 0 Å². The van der Waals surface area contributed by atoms with Crippen molar-refractivity contribution in [3.8, 4) is 6.07 Å². The first-order valence-electron chi connectivity index (χ1n) is 5.98. The molecule has 20 heavy (non-hydrogen) atoms. The number of nitrogens with zero attached hydrogens (tertiary/aromatic N) is 1. The fraction of sp³-hybridized carbons (Fsp3) is 0.286. The topological polar surface area (TPSA) is 80.6 Å². The molecule has 1 amide bonds. The van der Waals surface area contributed by atoms with E-state index in [1.165, 1.54) is 13.4 Å². The minimum Gasteiger partial charge on any atom is -0.461 e. The van der Waals surface area contributed by atoms with E-state index in [0.29, 0.717) is 17.9 Å². The van der Waals surface area contributed by atoms with Crippen molar-refractivity contribution < 1.29 is 19.0 Å². The van der Waals surface area contributed by atoms with Crippen molar-refractivity contribution in [1.29, 1.82) is 5.26 Å². The second-order valence-electron chi connectivity index (χ2n) is 4.09. The molecule has 2 rings (SSSR count). The third-order valence-electron chi connectivity index (χ3n) is 2.78.